The Kier molecular flexibility index (Phi) is 2.71. The SMILES string of the molecule is CCc1cccc(N2Cc3ccc(N)cc3C2)c1. The molecule has 0 saturated carbocycles. The molecule has 0 aliphatic carbocycles. The largest absolute Gasteiger partial charge is 0.399 e. The Morgan fingerprint density at radius 1 is 1.06 bits per heavy atom. The minimum atomic E-state index is 0.859. The number of rotatable bonds is 2. The van der Waals surface area contributed by atoms with Crippen molar-refractivity contribution >= 4 is 11.4 Å². The monoisotopic (exact) mass is 238 g/mol. The molecular formula is C16H18N2. The molecule has 2 N–H and O–H groups in total. The van der Waals surface area contributed by atoms with Gasteiger partial charge in [-0.3, -0.25) is 0 Å². The van der Waals surface area contributed by atoms with Gasteiger partial charge in [-0.25, -0.2) is 0 Å². The van der Waals surface area contributed by atoms with Gasteiger partial charge in [-0.15, -0.1) is 0 Å². The normalized spacial score (nSPS) is 13.7. The first-order valence-corrected chi connectivity index (χ1v) is 6.47. The van der Waals surface area contributed by atoms with E-state index >= 15 is 0 Å². The molecule has 0 saturated heterocycles. The number of hydrogen-bond acceptors (Lipinski definition) is 2. The fourth-order valence-electron chi connectivity index (χ4n) is 2.57. The van der Waals surface area contributed by atoms with Crippen LogP contribution in [0.25, 0.3) is 0 Å². The first-order valence-electron chi connectivity index (χ1n) is 6.47. The van der Waals surface area contributed by atoms with Crippen molar-refractivity contribution in [1.29, 1.82) is 0 Å². The summed E-state index contributed by atoms with van der Waals surface area (Å²) in [5.41, 5.74) is 12.2. The Morgan fingerprint density at radius 2 is 1.89 bits per heavy atom. The highest BCUT2D eigenvalue weighted by molar-refractivity contribution is 5.56. The van der Waals surface area contributed by atoms with E-state index in [-0.39, 0.29) is 0 Å². The van der Waals surface area contributed by atoms with E-state index in [9.17, 15) is 0 Å². The smallest absolute Gasteiger partial charge is 0.0437 e. The van der Waals surface area contributed by atoms with Crippen LogP contribution in [-0.4, -0.2) is 0 Å². The minimum Gasteiger partial charge on any atom is -0.399 e. The number of fused-ring (bicyclic) bond motifs is 1. The second-order valence-corrected chi connectivity index (χ2v) is 4.91. The summed E-state index contributed by atoms with van der Waals surface area (Å²) in [6, 6.07) is 15.0. The van der Waals surface area contributed by atoms with Crippen LogP contribution in [0.15, 0.2) is 42.5 Å². The molecular weight excluding hydrogens is 220 g/mol. The molecule has 0 aromatic heterocycles. The van der Waals surface area contributed by atoms with Gasteiger partial charge in [0.25, 0.3) is 0 Å². The topological polar surface area (TPSA) is 29.3 Å². The molecule has 0 radical (unpaired) electrons. The molecule has 2 nitrogen and oxygen atoms in total. The van der Waals surface area contributed by atoms with Crippen molar-refractivity contribution in [3.8, 4) is 0 Å². The van der Waals surface area contributed by atoms with Crippen LogP contribution >= 0.6 is 0 Å². The van der Waals surface area contributed by atoms with Crippen LogP contribution in [0.2, 0.25) is 0 Å². The summed E-state index contributed by atoms with van der Waals surface area (Å²) in [6.07, 6.45) is 1.08. The highest BCUT2D eigenvalue weighted by atomic mass is 15.1. The Labute approximate surface area is 108 Å². The molecule has 18 heavy (non-hydrogen) atoms. The van der Waals surface area contributed by atoms with Crippen LogP contribution in [0.4, 0.5) is 11.4 Å². The van der Waals surface area contributed by atoms with Gasteiger partial charge in [-0.05, 0) is 47.4 Å². The van der Waals surface area contributed by atoms with Crippen LogP contribution in [-0.2, 0) is 19.5 Å². The van der Waals surface area contributed by atoms with E-state index in [1.165, 1.54) is 22.4 Å². The van der Waals surface area contributed by atoms with Crippen LogP contribution in [0, 0.1) is 0 Å². The van der Waals surface area contributed by atoms with Crippen molar-refractivity contribution in [2.75, 3.05) is 10.6 Å². The maximum atomic E-state index is 5.84. The first kappa shape index (κ1) is 11.1. The zero-order valence-corrected chi connectivity index (χ0v) is 10.7. The molecule has 2 aromatic rings. The third-order valence-electron chi connectivity index (χ3n) is 3.64. The molecule has 0 atom stereocenters. The molecule has 2 aromatic carbocycles. The molecule has 3 rings (SSSR count). The van der Waals surface area contributed by atoms with E-state index in [0.717, 1.165) is 25.2 Å². The van der Waals surface area contributed by atoms with Gasteiger partial charge < -0.3 is 10.6 Å². The summed E-state index contributed by atoms with van der Waals surface area (Å²) in [5.74, 6) is 0. The molecule has 0 bridgehead atoms. The lowest BCUT2D eigenvalue weighted by Crippen LogP contribution is -2.14. The van der Waals surface area contributed by atoms with E-state index in [2.05, 4.69) is 48.2 Å². The van der Waals surface area contributed by atoms with Crippen LogP contribution in [0.3, 0.4) is 0 Å². The van der Waals surface area contributed by atoms with Crippen molar-refractivity contribution in [3.63, 3.8) is 0 Å². The summed E-state index contributed by atoms with van der Waals surface area (Å²) in [7, 11) is 0. The molecule has 0 spiro atoms. The number of benzene rings is 2. The number of nitrogens with two attached hydrogens (primary N) is 1. The number of nitrogens with zero attached hydrogens (tertiary/aromatic N) is 1. The van der Waals surface area contributed by atoms with Crippen molar-refractivity contribution in [3.05, 3.63) is 59.2 Å². The molecule has 0 fully saturated rings. The maximum absolute atomic E-state index is 5.84. The van der Waals surface area contributed by atoms with Gasteiger partial charge in [-0.2, -0.15) is 0 Å². The summed E-state index contributed by atoms with van der Waals surface area (Å²) < 4.78 is 0. The fourth-order valence-corrected chi connectivity index (χ4v) is 2.57. The van der Waals surface area contributed by atoms with E-state index in [1.54, 1.807) is 0 Å². The van der Waals surface area contributed by atoms with E-state index in [4.69, 9.17) is 5.73 Å². The van der Waals surface area contributed by atoms with Crippen molar-refractivity contribution in [2.45, 2.75) is 26.4 Å². The molecule has 1 aliphatic rings. The third-order valence-corrected chi connectivity index (χ3v) is 3.64. The standard InChI is InChI=1S/C16H18N2/c1-2-12-4-3-5-16(8-12)18-10-13-6-7-15(17)9-14(13)11-18/h3-9H,2,10-11,17H2,1H3. The van der Waals surface area contributed by atoms with Gasteiger partial charge in [0.2, 0.25) is 0 Å². The van der Waals surface area contributed by atoms with Gasteiger partial charge in [0, 0.05) is 24.5 Å². The quantitative estimate of drug-likeness (QED) is 0.813. The van der Waals surface area contributed by atoms with Crippen molar-refractivity contribution < 1.29 is 0 Å². The summed E-state index contributed by atoms with van der Waals surface area (Å²) in [5, 5.41) is 0. The Balaban J connectivity index is 1.88. The average molecular weight is 238 g/mol. The second kappa shape index (κ2) is 4.37. The van der Waals surface area contributed by atoms with Gasteiger partial charge in [0.15, 0.2) is 0 Å². The van der Waals surface area contributed by atoms with Crippen molar-refractivity contribution in [2.24, 2.45) is 0 Å². The molecule has 1 heterocycles. The van der Waals surface area contributed by atoms with Crippen molar-refractivity contribution in [1.82, 2.24) is 0 Å². The number of aryl methyl sites for hydroxylation is 1. The predicted molar refractivity (Wildman–Crippen MR) is 76.6 cm³/mol. The molecule has 0 amide bonds. The summed E-state index contributed by atoms with van der Waals surface area (Å²) in [6.45, 7) is 4.15. The lowest BCUT2D eigenvalue weighted by atomic mass is 10.1. The van der Waals surface area contributed by atoms with Gasteiger partial charge in [0.05, 0.1) is 0 Å². The van der Waals surface area contributed by atoms with E-state index in [0.29, 0.717) is 0 Å². The first-order chi connectivity index (χ1) is 8.76. The molecule has 0 unspecified atom stereocenters. The van der Waals surface area contributed by atoms with Gasteiger partial charge in [0.1, 0.15) is 0 Å². The Bertz CT molecular complexity index is 575. The maximum Gasteiger partial charge on any atom is 0.0437 e. The Hall–Kier alpha value is -1.96. The highest BCUT2D eigenvalue weighted by Gasteiger charge is 2.19. The Morgan fingerprint density at radius 3 is 2.72 bits per heavy atom. The van der Waals surface area contributed by atoms with E-state index in [1.807, 2.05) is 6.07 Å². The van der Waals surface area contributed by atoms with Crippen LogP contribution in [0.5, 0.6) is 0 Å². The fraction of sp³-hybridized carbons (Fsp3) is 0.250. The van der Waals surface area contributed by atoms with E-state index < -0.39 is 0 Å². The molecule has 2 heteroatoms. The predicted octanol–water partition coefficient (Wildman–Crippen LogP) is 3.35. The number of anilines is 2. The molecule has 92 valence electrons. The molecule has 1 aliphatic heterocycles. The highest BCUT2D eigenvalue weighted by Crippen LogP contribution is 2.29. The lowest BCUT2D eigenvalue weighted by molar-refractivity contribution is 0.878. The zero-order valence-electron chi connectivity index (χ0n) is 10.7. The number of hydrogen-bond donors (Lipinski definition) is 1. The number of nitrogen functional groups attached to an aromatic ring is 1. The second-order valence-electron chi connectivity index (χ2n) is 4.91. The van der Waals surface area contributed by atoms with Gasteiger partial charge >= 0.3 is 0 Å². The minimum absolute atomic E-state index is 0.859. The van der Waals surface area contributed by atoms with Gasteiger partial charge in [-0.1, -0.05) is 25.1 Å². The zero-order chi connectivity index (χ0) is 12.5. The summed E-state index contributed by atoms with van der Waals surface area (Å²) in [4.78, 5) is 2.41. The van der Waals surface area contributed by atoms with Crippen LogP contribution in [0.1, 0.15) is 23.6 Å². The van der Waals surface area contributed by atoms with Crippen LogP contribution < -0.4 is 10.6 Å². The lowest BCUT2D eigenvalue weighted by Gasteiger charge is -2.18. The summed E-state index contributed by atoms with van der Waals surface area (Å²) >= 11 is 0. The average Bonchev–Trinajstić information content (AvgIpc) is 2.81. The third kappa shape index (κ3) is 1.94.